The summed E-state index contributed by atoms with van der Waals surface area (Å²) in [6.07, 6.45) is 1.59. The lowest BCUT2D eigenvalue weighted by molar-refractivity contribution is 0.0938. The van der Waals surface area contributed by atoms with Gasteiger partial charge >= 0.3 is 0 Å². The quantitative estimate of drug-likeness (QED) is 0.701. The number of methoxy groups -OCH3 is 2. The Morgan fingerprint density at radius 2 is 2.00 bits per heavy atom. The molecule has 7 heteroatoms. The average Bonchev–Trinajstić information content (AvgIpc) is 3.30. The Bertz CT molecular complexity index is 902. The van der Waals surface area contributed by atoms with Gasteiger partial charge in [-0.3, -0.25) is 4.79 Å². The fraction of sp³-hybridized carbons (Fsp3) is 0.263. The fourth-order valence-corrected chi connectivity index (χ4v) is 3.54. The third-order valence-corrected chi connectivity index (χ3v) is 5.16. The Morgan fingerprint density at radius 3 is 2.65 bits per heavy atom. The summed E-state index contributed by atoms with van der Waals surface area (Å²) >= 11 is 1.34. The van der Waals surface area contributed by atoms with Crippen molar-refractivity contribution < 1.29 is 18.7 Å². The van der Waals surface area contributed by atoms with Crippen molar-refractivity contribution in [3.05, 3.63) is 52.9 Å². The summed E-state index contributed by atoms with van der Waals surface area (Å²) in [5.41, 5.74) is 1.55. The van der Waals surface area contributed by atoms with E-state index in [0.29, 0.717) is 27.8 Å². The molecule has 0 aliphatic heterocycles. The van der Waals surface area contributed by atoms with Crippen LogP contribution in [0.3, 0.4) is 0 Å². The Labute approximate surface area is 155 Å². The molecule has 3 aromatic rings. The second kappa shape index (κ2) is 7.61. The smallest absolute Gasteiger partial charge is 0.263 e. The van der Waals surface area contributed by atoms with E-state index in [-0.39, 0.29) is 11.9 Å². The highest BCUT2D eigenvalue weighted by Crippen LogP contribution is 2.35. The summed E-state index contributed by atoms with van der Waals surface area (Å²) in [6, 6.07) is 8.98. The number of benzene rings is 1. The van der Waals surface area contributed by atoms with E-state index in [2.05, 4.69) is 10.3 Å². The normalized spacial score (nSPS) is 11.8. The van der Waals surface area contributed by atoms with E-state index in [9.17, 15) is 4.79 Å². The number of nitrogens with zero attached hydrogens (tertiary/aromatic N) is 1. The molecule has 0 unspecified atom stereocenters. The van der Waals surface area contributed by atoms with Crippen LogP contribution < -0.4 is 14.8 Å². The number of carbonyl (C=O) groups is 1. The summed E-state index contributed by atoms with van der Waals surface area (Å²) in [4.78, 5) is 17.7. The molecule has 0 fully saturated rings. The number of aryl methyl sites for hydroxylation is 1. The maximum atomic E-state index is 12.6. The molecular weight excluding hydrogens is 352 g/mol. The first-order valence-electron chi connectivity index (χ1n) is 8.07. The van der Waals surface area contributed by atoms with Gasteiger partial charge < -0.3 is 19.2 Å². The van der Waals surface area contributed by atoms with Gasteiger partial charge in [0.05, 0.1) is 32.2 Å². The number of aromatic nitrogens is 1. The number of amides is 1. The Morgan fingerprint density at radius 1 is 1.23 bits per heavy atom. The van der Waals surface area contributed by atoms with E-state index in [1.54, 1.807) is 26.5 Å². The van der Waals surface area contributed by atoms with Crippen molar-refractivity contribution in [2.24, 2.45) is 0 Å². The number of furan rings is 1. The van der Waals surface area contributed by atoms with E-state index >= 15 is 0 Å². The van der Waals surface area contributed by atoms with Gasteiger partial charge in [-0.2, -0.15) is 0 Å². The number of carbonyl (C=O) groups excluding carboxylic acids is 1. The highest BCUT2D eigenvalue weighted by molar-refractivity contribution is 7.17. The molecule has 0 aliphatic rings. The highest BCUT2D eigenvalue weighted by atomic mass is 32.1. The maximum Gasteiger partial charge on any atom is 0.263 e. The third-order valence-electron chi connectivity index (χ3n) is 3.95. The van der Waals surface area contributed by atoms with Crippen LogP contribution in [0.1, 0.15) is 34.1 Å². The standard InChI is InChI=1S/C19H20N2O4S/c1-11(14-6-5-9-25-14)20-18(22)17-12(2)21-19(26-17)13-7-8-15(23-3)16(10-13)24-4/h5-11H,1-4H3,(H,20,22)/t11-/m0/s1. The Hall–Kier alpha value is -2.80. The van der Waals surface area contributed by atoms with Crippen LogP contribution in [0, 0.1) is 6.92 Å². The molecule has 1 N–H and O–H groups in total. The number of hydrogen-bond acceptors (Lipinski definition) is 6. The predicted molar refractivity (Wildman–Crippen MR) is 100.0 cm³/mol. The molecule has 1 amide bonds. The van der Waals surface area contributed by atoms with Crippen LogP contribution in [0.2, 0.25) is 0 Å². The molecule has 6 nitrogen and oxygen atoms in total. The van der Waals surface area contributed by atoms with E-state index in [1.807, 2.05) is 38.1 Å². The van der Waals surface area contributed by atoms with E-state index in [0.717, 1.165) is 10.6 Å². The van der Waals surface area contributed by atoms with Crippen molar-refractivity contribution in [3.8, 4) is 22.1 Å². The molecule has 0 radical (unpaired) electrons. The topological polar surface area (TPSA) is 73.6 Å². The molecule has 0 aliphatic carbocycles. The van der Waals surface area contributed by atoms with E-state index in [4.69, 9.17) is 13.9 Å². The molecule has 136 valence electrons. The fourth-order valence-electron chi connectivity index (χ4n) is 2.57. The molecule has 26 heavy (non-hydrogen) atoms. The maximum absolute atomic E-state index is 12.6. The lowest BCUT2D eigenvalue weighted by atomic mass is 10.2. The largest absolute Gasteiger partial charge is 0.493 e. The van der Waals surface area contributed by atoms with Gasteiger partial charge in [0.2, 0.25) is 0 Å². The first-order valence-corrected chi connectivity index (χ1v) is 8.89. The van der Waals surface area contributed by atoms with Crippen molar-refractivity contribution in [1.29, 1.82) is 0 Å². The van der Waals surface area contributed by atoms with Crippen LogP contribution in [0.25, 0.3) is 10.6 Å². The molecule has 0 saturated carbocycles. The number of nitrogens with one attached hydrogen (secondary N) is 1. The van der Waals surface area contributed by atoms with E-state index in [1.165, 1.54) is 11.3 Å². The zero-order valence-corrected chi connectivity index (χ0v) is 15.8. The molecule has 1 aromatic carbocycles. The van der Waals surface area contributed by atoms with Crippen molar-refractivity contribution in [2.75, 3.05) is 14.2 Å². The molecule has 2 aromatic heterocycles. The minimum Gasteiger partial charge on any atom is -0.493 e. The van der Waals surface area contributed by atoms with Gasteiger partial charge in [-0.05, 0) is 44.2 Å². The van der Waals surface area contributed by atoms with Gasteiger partial charge in [0.15, 0.2) is 11.5 Å². The zero-order valence-electron chi connectivity index (χ0n) is 15.0. The van der Waals surface area contributed by atoms with Crippen molar-refractivity contribution in [2.45, 2.75) is 19.9 Å². The molecular formula is C19H20N2O4S. The van der Waals surface area contributed by atoms with Gasteiger partial charge in [-0.15, -0.1) is 11.3 Å². The predicted octanol–water partition coefficient (Wildman–Crippen LogP) is 4.22. The van der Waals surface area contributed by atoms with E-state index < -0.39 is 0 Å². The molecule has 2 heterocycles. The molecule has 1 atom stereocenters. The molecule has 0 spiro atoms. The lowest BCUT2D eigenvalue weighted by Gasteiger charge is -2.10. The Balaban J connectivity index is 1.84. The number of ether oxygens (including phenoxy) is 2. The van der Waals surface area contributed by atoms with Crippen molar-refractivity contribution >= 4 is 17.2 Å². The second-order valence-electron chi connectivity index (χ2n) is 5.71. The molecule has 0 bridgehead atoms. The SMILES string of the molecule is COc1ccc(-c2nc(C)c(C(=O)N[C@@H](C)c3ccco3)s2)cc1OC. The lowest BCUT2D eigenvalue weighted by Crippen LogP contribution is -2.26. The summed E-state index contributed by atoms with van der Waals surface area (Å²) in [5.74, 6) is 1.81. The minimum atomic E-state index is -0.219. The summed E-state index contributed by atoms with van der Waals surface area (Å²) < 4.78 is 15.9. The zero-order chi connectivity index (χ0) is 18.7. The minimum absolute atomic E-state index is 0.171. The second-order valence-corrected chi connectivity index (χ2v) is 6.71. The molecule has 0 saturated heterocycles. The van der Waals surface area contributed by atoms with Crippen LogP contribution >= 0.6 is 11.3 Å². The third kappa shape index (κ3) is 3.57. The number of thiazole rings is 1. The average molecular weight is 372 g/mol. The van der Waals surface area contributed by atoms with Gasteiger partial charge in [0, 0.05) is 5.56 Å². The monoisotopic (exact) mass is 372 g/mol. The Kier molecular flexibility index (Phi) is 5.27. The van der Waals surface area contributed by atoms with Crippen LogP contribution in [-0.4, -0.2) is 25.1 Å². The van der Waals surface area contributed by atoms with Gasteiger partial charge in [-0.1, -0.05) is 0 Å². The summed E-state index contributed by atoms with van der Waals surface area (Å²) in [6.45, 7) is 3.70. The van der Waals surface area contributed by atoms with Gasteiger partial charge in [0.25, 0.3) is 5.91 Å². The first-order chi connectivity index (χ1) is 12.5. The summed E-state index contributed by atoms with van der Waals surface area (Å²) in [7, 11) is 3.18. The number of rotatable bonds is 6. The van der Waals surface area contributed by atoms with Crippen LogP contribution in [0.15, 0.2) is 41.0 Å². The summed E-state index contributed by atoms with van der Waals surface area (Å²) in [5, 5.41) is 3.69. The molecule has 3 rings (SSSR count). The van der Waals surface area contributed by atoms with Gasteiger partial charge in [-0.25, -0.2) is 4.98 Å². The van der Waals surface area contributed by atoms with Crippen LogP contribution in [0.4, 0.5) is 0 Å². The van der Waals surface area contributed by atoms with Crippen molar-refractivity contribution in [1.82, 2.24) is 10.3 Å². The van der Waals surface area contributed by atoms with Crippen molar-refractivity contribution in [3.63, 3.8) is 0 Å². The highest BCUT2D eigenvalue weighted by Gasteiger charge is 2.20. The first kappa shape index (κ1) is 18.0. The van der Waals surface area contributed by atoms with Gasteiger partial charge in [0.1, 0.15) is 15.6 Å². The van der Waals surface area contributed by atoms with Crippen LogP contribution in [-0.2, 0) is 0 Å². The van der Waals surface area contributed by atoms with Crippen LogP contribution in [0.5, 0.6) is 11.5 Å². The number of hydrogen-bond donors (Lipinski definition) is 1.